The fourth-order valence-electron chi connectivity index (χ4n) is 2.61. The van der Waals surface area contributed by atoms with Gasteiger partial charge in [-0.05, 0) is 30.9 Å². The number of hydrogen-bond acceptors (Lipinski definition) is 2. The van der Waals surface area contributed by atoms with Gasteiger partial charge in [-0.25, -0.2) is 9.18 Å². The van der Waals surface area contributed by atoms with Crippen molar-refractivity contribution in [3.63, 3.8) is 0 Å². The molecular weight excluding hydrogens is 245 g/mol. The number of nitrogens with two attached hydrogens (primary N) is 1. The smallest absolute Gasteiger partial charge is 0.322 e. The summed E-state index contributed by atoms with van der Waals surface area (Å²) in [4.78, 5) is 14.0. The molecule has 19 heavy (non-hydrogen) atoms. The molecule has 2 amide bonds. The van der Waals surface area contributed by atoms with Crippen LogP contribution in [0.1, 0.15) is 19.8 Å². The molecule has 0 aromatic heterocycles. The van der Waals surface area contributed by atoms with Crippen molar-refractivity contribution >= 4 is 11.7 Å². The summed E-state index contributed by atoms with van der Waals surface area (Å²) in [7, 11) is 0. The number of hydrogen-bond donors (Lipinski definition) is 2. The first-order valence-electron chi connectivity index (χ1n) is 6.65. The maximum absolute atomic E-state index is 13.5. The third kappa shape index (κ3) is 3.04. The summed E-state index contributed by atoms with van der Waals surface area (Å²) in [5, 5.41) is 2.62. The van der Waals surface area contributed by atoms with E-state index in [1.54, 1.807) is 23.1 Å². The summed E-state index contributed by atoms with van der Waals surface area (Å²) in [5.74, 6) is -0.0460. The molecule has 1 aliphatic rings. The third-order valence-corrected chi connectivity index (χ3v) is 3.73. The first-order valence-corrected chi connectivity index (χ1v) is 6.65. The summed E-state index contributed by atoms with van der Waals surface area (Å²) in [6.45, 7) is 3.21. The topological polar surface area (TPSA) is 58.4 Å². The van der Waals surface area contributed by atoms with Crippen LogP contribution in [-0.4, -0.2) is 30.1 Å². The van der Waals surface area contributed by atoms with Gasteiger partial charge in [0.05, 0.1) is 5.69 Å². The molecule has 1 saturated heterocycles. The largest absolute Gasteiger partial charge is 0.328 e. The number of nitrogens with zero attached hydrogens (tertiary/aromatic N) is 1. The lowest BCUT2D eigenvalue weighted by atomic mass is 9.91. The van der Waals surface area contributed by atoms with Crippen molar-refractivity contribution in [3.05, 3.63) is 30.1 Å². The van der Waals surface area contributed by atoms with Crippen molar-refractivity contribution in [2.75, 3.05) is 18.4 Å². The minimum atomic E-state index is -0.426. The zero-order chi connectivity index (χ0) is 13.8. The number of rotatable bonds is 2. The van der Waals surface area contributed by atoms with Gasteiger partial charge >= 0.3 is 6.03 Å². The SMILES string of the molecule is CC1CCCN(C(=O)Nc2ccccc2F)C1CN. The summed E-state index contributed by atoms with van der Waals surface area (Å²) >= 11 is 0. The highest BCUT2D eigenvalue weighted by Gasteiger charge is 2.30. The average molecular weight is 265 g/mol. The molecule has 5 heteroatoms. The number of nitrogens with one attached hydrogen (secondary N) is 1. The van der Waals surface area contributed by atoms with Crippen LogP contribution in [0.25, 0.3) is 0 Å². The number of urea groups is 1. The van der Waals surface area contributed by atoms with Crippen LogP contribution in [0.3, 0.4) is 0 Å². The molecule has 0 radical (unpaired) electrons. The van der Waals surface area contributed by atoms with E-state index in [2.05, 4.69) is 12.2 Å². The van der Waals surface area contributed by atoms with Crippen molar-refractivity contribution in [1.29, 1.82) is 0 Å². The van der Waals surface area contributed by atoms with E-state index in [9.17, 15) is 9.18 Å². The Bertz CT molecular complexity index is 452. The number of carbonyl (C=O) groups excluding carboxylic acids is 1. The molecule has 0 saturated carbocycles. The minimum absolute atomic E-state index is 0.0283. The van der Waals surface area contributed by atoms with Gasteiger partial charge < -0.3 is 16.0 Å². The second-order valence-corrected chi connectivity index (χ2v) is 5.03. The van der Waals surface area contributed by atoms with Crippen LogP contribution in [0, 0.1) is 11.7 Å². The van der Waals surface area contributed by atoms with Gasteiger partial charge in [-0.2, -0.15) is 0 Å². The fraction of sp³-hybridized carbons (Fsp3) is 0.500. The number of benzene rings is 1. The van der Waals surface area contributed by atoms with Crippen molar-refractivity contribution in [3.8, 4) is 0 Å². The third-order valence-electron chi connectivity index (χ3n) is 3.73. The molecule has 3 N–H and O–H groups in total. The van der Waals surface area contributed by atoms with Crippen LogP contribution in [-0.2, 0) is 0 Å². The molecule has 104 valence electrons. The van der Waals surface area contributed by atoms with Crippen molar-refractivity contribution in [1.82, 2.24) is 4.90 Å². The van der Waals surface area contributed by atoms with E-state index in [1.807, 2.05) is 0 Å². The highest BCUT2D eigenvalue weighted by atomic mass is 19.1. The Morgan fingerprint density at radius 2 is 2.26 bits per heavy atom. The van der Waals surface area contributed by atoms with E-state index in [1.165, 1.54) is 6.07 Å². The number of piperidine rings is 1. The lowest BCUT2D eigenvalue weighted by Gasteiger charge is -2.39. The molecular formula is C14H20FN3O. The van der Waals surface area contributed by atoms with Gasteiger partial charge in [0.25, 0.3) is 0 Å². The molecule has 2 atom stereocenters. The number of halogens is 1. The highest BCUT2D eigenvalue weighted by molar-refractivity contribution is 5.89. The Morgan fingerprint density at radius 3 is 2.95 bits per heavy atom. The zero-order valence-corrected chi connectivity index (χ0v) is 11.1. The van der Waals surface area contributed by atoms with Crippen LogP contribution in [0.15, 0.2) is 24.3 Å². The lowest BCUT2D eigenvalue weighted by Crippen LogP contribution is -2.52. The van der Waals surface area contributed by atoms with Gasteiger partial charge in [-0.1, -0.05) is 19.1 Å². The summed E-state index contributed by atoms with van der Waals surface area (Å²) in [6, 6.07) is 5.93. The lowest BCUT2D eigenvalue weighted by molar-refractivity contribution is 0.133. The molecule has 0 spiro atoms. The van der Waals surface area contributed by atoms with Gasteiger partial charge in [-0.15, -0.1) is 0 Å². The molecule has 0 aliphatic carbocycles. The highest BCUT2D eigenvalue weighted by Crippen LogP contribution is 2.23. The van der Waals surface area contributed by atoms with Crippen molar-refractivity contribution in [2.45, 2.75) is 25.8 Å². The predicted octanol–water partition coefficient (Wildman–Crippen LogP) is 2.42. The molecule has 4 nitrogen and oxygen atoms in total. The second-order valence-electron chi connectivity index (χ2n) is 5.03. The summed E-state index contributed by atoms with van der Waals surface area (Å²) in [6.07, 6.45) is 2.04. The molecule has 1 fully saturated rings. The van der Waals surface area contributed by atoms with Gasteiger partial charge in [0.2, 0.25) is 0 Å². The summed E-state index contributed by atoms with van der Waals surface area (Å²) < 4.78 is 13.5. The standard InChI is InChI=1S/C14H20FN3O/c1-10-5-4-8-18(13(10)9-16)14(19)17-12-7-3-2-6-11(12)15/h2-3,6-7,10,13H,4-5,8-9,16H2,1H3,(H,17,19). The summed E-state index contributed by atoms with van der Waals surface area (Å²) in [5.41, 5.74) is 5.96. The van der Waals surface area contributed by atoms with E-state index in [0.717, 1.165) is 12.8 Å². The number of amides is 2. The molecule has 1 heterocycles. The Balaban J connectivity index is 2.08. The first-order chi connectivity index (χ1) is 9.13. The van der Waals surface area contributed by atoms with Crippen molar-refractivity contribution < 1.29 is 9.18 Å². The quantitative estimate of drug-likeness (QED) is 0.862. The Labute approximate surface area is 112 Å². The maximum Gasteiger partial charge on any atom is 0.322 e. The van der Waals surface area contributed by atoms with Gasteiger partial charge in [0.15, 0.2) is 0 Å². The van der Waals surface area contributed by atoms with E-state index >= 15 is 0 Å². The van der Waals surface area contributed by atoms with E-state index < -0.39 is 5.82 Å². The minimum Gasteiger partial charge on any atom is -0.328 e. The number of para-hydroxylation sites is 1. The Hall–Kier alpha value is -1.62. The molecule has 1 aliphatic heterocycles. The fourth-order valence-corrected chi connectivity index (χ4v) is 2.61. The van der Waals surface area contributed by atoms with Gasteiger partial charge in [0.1, 0.15) is 5.82 Å². The van der Waals surface area contributed by atoms with Crippen LogP contribution >= 0.6 is 0 Å². The normalized spacial score (nSPS) is 23.2. The second kappa shape index (κ2) is 6.02. The first kappa shape index (κ1) is 13.8. The molecule has 0 bridgehead atoms. The van der Waals surface area contributed by atoms with Crippen LogP contribution in [0.5, 0.6) is 0 Å². The van der Waals surface area contributed by atoms with Crippen LogP contribution < -0.4 is 11.1 Å². The van der Waals surface area contributed by atoms with E-state index in [0.29, 0.717) is 19.0 Å². The Morgan fingerprint density at radius 1 is 1.53 bits per heavy atom. The monoisotopic (exact) mass is 265 g/mol. The zero-order valence-electron chi connectivity index (χ0n) is 11.1. The maximum atomic E-state index is 13.5. The Kier molecular flexibility index (Phi) is 4.37. The van der Waals surface area contributed by atoms with Crippen LogP contribution in [0.4, 0.5) is 14.9 Å². The van der Waals surface area contributed by atoms with Crippen molar-refractivity contribution in [2.24, 2.45) is 11.7 Å². The van der Waals surface area contributed by atoms with Gasteiger partial charge in [-0.3, -0.25) is 0 Å². The number of likely N-dealkylation sites (tertiary alicyclic amines) is 1. The molecule has 2 unspecified atom stereocenters. The average Bonchev–Trinajstić information content (AvgIpc) is 2.41. The van der Waals surface area contributed by atoms with Crippen LogP contribution in [0.2, 0.25) is 0 Å². The van der Waals surface area contributed by atoms with E-state index in [-0.39, 0.29) is 17.8 Å². The number of carbonyl (C=O) groups is 1. The molecule has 1 aromatic carbocycles. The van der Waals surface area contributed by atoms with Gasteiger partial charge in [0, 0.05) is 19.1 Å². The predicted molar refractivity (Wildman–Crippen MR) is 73.4 cm³/mol. The van der Waals surface area contributed by atoms with E-state index in [4.69, 9.17) is 5.73 Å². The molecule has 1 aromatic rings. The number of anilines is 1. The molecule has 2 rings (SSSR count).